The standard InChI is InChI=1S/C30H38N8O3/c1-19-6-5-11-41-29-24(15-32-36(29)3)26-13-21(12-20(2)33-26)28(39)35-30-34-25-8-7-23(14-27(25)38(30)16-19)37-10-9-31-22(17-37)18-40-4/h7-8,12-15,19,22,31H,5-6,9-11,16-18H2,1-4H3,(H,34,35,39)/t19-,22+/m1/s1. The molecule has 2 aliphatic heterocycles. The summed E-state index contributed by atoms with van der Waals surface area (Å²) in [6.07, 6.45) is 3.59. The Morgan fingerprint density at radius 1 is 1.17 bits per heavy atom. The molecule has 0 radical (unpaired) electrons. The molecular formula is C30H38N8O3. The number of hydrogen-bond donors (Lipinski definition) is 2. The van der Waals surface area contributed by atoms with Crippen molar-refractivity contribution in [1.82, 2.24) is 29.6 Å². The predicted molar refractivity (Wildman–Crippen MR) is 159 cm³/mol. The van der Waals surface area contributed by atoms with E-state index in [1.165, 1.54) is 0 Å². The molecule has 0 unspecified atom stereocenters. The Morgan fingerprint density at radius 3 is 2.90 bits per heavy atom. The topological polar surface area (TPSA) is 111 Å². The van der Waals surface area contributed by atoms with Crippen LogP contribution in [0.2, 0.25) is 0 Å². The van der Waals surface area contributed by atoms with Crippen LogP contribution in [-0.4, -0.2) is 76.2 Å². The fourth-order valence-electron chi connectivity index (χ4n) is 5.85. The minimum Gasteiger partial charge on any atom is -0.477 e. The number of amides is 1. The van der Waals surface area contributed by atoms with Crippen LogP contribution in [0.5, 0.6) is 5.88 Å². The second-order valence-electron chi connectivity index (χ2n) is 11.2. The number of methoxy groups -OCH3 is 1. The minimum atomic E-state index is -0.230. The quantitative estimate of drug-likeness (QED) is 0.392. The molecule has 0 saturated carbocycles. The van der Waals surface area contributed by atoms with E-state index in [2.05, 4.69) is 50.3 Å². The number of carbonyl (C=O) groups is 1. The summed E-state index contributed by atoms with van der Waals surface area (Å²) < 4.78 is 15.5. The molecule has 11 nitrogen and oxygen atoms in total. The highest BCUT2D eigenvalue weighted by Gasteiger charge is 2.23. The summed E-state index contributed by atoms with van der Waals surface area (Å²) in [7, 11) is 3.60. The Balaban J connectivity index is 1.38. The van der Waals surface area contributed by atoms with E-state index in [-0.39, 0.29) is 11.9 Å². The Bertz CT molecular complexity index is 1560. The molecule has 216 valence electrons. The van der Waals surface area contributed by atoms with E-state index in [4.69, 9.17) is 19.4 Å². The highest BCUT2D eigenvalue weighted by Crippen LogP contribution is 2.31. The summed E-state index contributed by atoms with van der Waals surface area (Å²) in [5.74, 6) is 1.31. The van der Waals surface area contributed by atoms with Crippen LogP contribution in [0.25, 0.3) is 22.3 Å². The maximum absolute atomic E-state index is 13.6. The number of imidazole rings is 1. The van der Waals surface area contributed by atoms with Crippen molar-refractivity contribution in [2.75, 3.05) is 50.2 Å². The summed E-state index contributed by atoms with van der Waals surface area (Å²) in [6.45, 7) is 8.77. The van der Waals surface area contributed by atoms with Gasteiger partial charge in [0.1, 0.15) is 0 Å². The molecule has 2 bridgehead atoms. The third kappa shape index (κ3) is 5.64. The number of aryl methyl sites for hydroxylation is 2. The van der Waals surface area contributed by atoms with E-state index in [0.29, 0.717) is 42.2 Å². The molecule has 1 saturated heterocycles. The molecule has 41 heavy (non-hydrogen) atoms. The molecule has 2 aliphatic rings. The van der Waals surface area contributed by atoms with E-state index in [1.807, 2.05) is 14.0 Å². The number of carbonyl (C=O) groups excluding carboxylic acids is 1. The van der Waals surface area contributed by atoms with Crippen LogP contribution >= 0.6 is 0 Å². The van der Waals surface area contributed by atoms with Crippen LogP contribution in [0.1, 0.15) is 35.8 Å². The zero-order valence-corrected chi connectivity index (χ0v) is 24.2. The van der Waals surface area contributed by atoms with Gasteiger partial charge in [-0.05, 0) is 56.0 Å². The number of aromatic nitrogens is 5. The largest absolute Gasteiger partial charge is 0.477 e. The van der Waals surface area contributed by atoms with Crippen LogP contribution in [-0.2, 0) is 18.3 Å². The second kappa shape index (κ2) is 11.5. The summed E-state index contributed by atoms with van der Waals surface area (Å²) in [6, 6.07) is 10.2. The number of pyridine rings is 1. The normalized spacial score (nSPS) is 20.0. The van der Waals surface area contributed by atoms with Gasteiger partial charge >= 0.3 is 0 Å². The number of anilines is 2. The second-order valence-corrected chi connectivity index (χ2v) is 11.2. The maximum Gasteiger partial charge on any atom is 0.258 e. The molecule has 1 fully saturated rings. The fraction of sp³-hybridized carbons (Fsp3) is 0.467. The Kier molecular flexibility index (Phi) is 7.63. The number of hydrogen-bond acceptors (Lipinski definition) is 8. The third-order valence-electron chi connectivity index (χ3n) is 7.90. The minimum absolute atomic E-state index is 0.230. The zero-order valence-electron chi connectivity index (χ0n) is 24.2. The van der Waals surface area contributed by atoms with E-state index in [0.717, 1.165) is 67.0 Å². The summed E-state index contributed by atoms with van der Waals surface area (Å²) in [5, 5.41) is 11.0. The monoisotopic (exact) mass is 558 g/mol. The highest BCUT2D eigenvalue weighted by atomic mass is 16.5. The lowest BCUT2D eigenvalue weighted by molar-refractivity contribution is 0.102. The first-order chi connectivity index (χ1) is 19.9. The zero-order chi connectivity index (χ0) is 28.5. The van der Waals surface area contributed by atoms with Gasteiger partial charge in [-0.25, -0.2) is 9.67 Å². The molecule has 1 aromatic carbocycles. The number of piperazine rings is 1. The molecule has 11 heteroatoms. The van der Waals surface area contributed by atoms with Gasteiger partial charge in [0.15, 0.2) is 0 Å². The molecule has 1 amide bonds. The van der Waals surface area contributed by atoms with Gasteiger partial charge in [0.2, 0.25) is 11.8 Å². The van der Waals surface area contributed by atoms with Gasteiger partial charge in [0, 0.05) is 63.3 Å². The molecule has 4 aromatic rings. The molecule has 6 rings (SSSR count). The summed E-state index contributed by atoms with van der Waals surface area (Å²) in [4.78, 5) is 25.6. The molecule has 5 heterocycles. The Labute approximate surface area is 239 Å². The highest BCUT2D eigenvalue weighted by molar-refractivity contribution is 6.05. The van der Waals surface area contributed by atoms with Gasteiger partial charge in [0.05, 0.1) is 41.7 Å². The average molecular weight is 559 g/mol. The van der Waals surface area contributed by atoms with Crippen molar-refractivity contribution in [3.8, 4) is 17.1 Å². The van der Waals surface area contributed by atoms with Gasteiger partial charge in [-0.2, -0.15) is 5.10 Å². The first-order valence-electron chi connectivity index (χ1n) is 14.3. The molecular weight excluding hydrogens is 520 g/mol. The lowest BCUT2D eigenvalue weighted by atomic mass is 10.1. The van der Waals surface area contributed by atoms with E-state index < -0.39 is 0 Å². The summed E-state index contributed by atoms with van der Waals surface area (Å²) in [5.41, 5.74) is 5.69. The van der Waals surface area contributed by atoms with Crippen molar-refractivity contribution < 1.29 is 14.3 Å². The number of nitrogens with zero attached hydrogens (tertiary/aromatic N) is 6. The van der Waals surface area contributed by atoms with Gasteiger partial charge in [0.25, 0.3) is 5.91 Å². The van der Waals surface area contributed by atoms with Crippen molar-refractivity contribution in [3.63, 3.8) is 0 Å². The number of ether oxygens (including phenoxy) is 2. The molecule has 0 spiro atoms. The molecule has 3 aromatic heterocycles. The maximum atomic E-state index is 13.6. The van der Waals surface area contributed by atoms with Crippen molar-refractivity contribution >= 4 is 28.6 Å². The van der Waals surface area contributed by atoms with Crippen molar-refractivity contribution in [1.29, 1.82) is 0 Å². The molecule has 0 aliphatic carbocycles. The van der Waals surface area contributed by atoms with Crippen LogP contribution < -0.4 is 20.3 Å². The number of benzene rings is 1. The summed E-state index contributed by atoms with van der Waals surface area (Å²) >= 11 is 0. The van der Waals surface area contributed by atoms with Crippen LogP contribution in [0, 0.1) is 12.8 Å². The van der Waals surface area contributed by atoms with E-state index in [9.17, 15) is 4.79 Å². The van der Waals surface area contributed by atoms with Gasteiger partial charge in [-0.15, -0.1) is 0 Å². The SMILES string of the molecule is COC[C@@H]1CN(c2ccc3nc4n(c3c2)C[C@H](C)CCCOc2c(cnn2C)-c2cc(cc(C)n2)C(=O)N4)CCN1. The lowest BCUT2D eigenvalue weighted by Crippen LogP contribution is -2.52. The van der Waals surface area contributed by atoms with Gasteiger partial charge in [-0.3, -0.25) is 15.1 Å². The first-order valence-corrected chi connectivity index (χ1v) is 14.3. The van der Waals surface area contributed by atoms with Gasteiger partial charge < -0.3 is 24.3 Å². The molecule has 2 N–H and O–H groups in total. The number of rotatable bonds is 3. The smallest absolute Gasteiger partial charge is 0.258 e. The van der Waals surface area contributed by atoms with Gasteiger partial charge in [-0.1, -0.05) is 6.92 Å². The van der Waals surface area contributed by atoms with E-state index in [1.54, 1.807) is 30.1 Å². The number of nitrogens with one attached hydrogen (secondary N) is 2. The van der Waals surface area contributed by atoms with Crippen LogP contribution in [0.3, 0.4) is 0 Å². The Morgan fingerprint density at radius 2 is 2.05 bits per heavy atom. The van der Waals surface area contributed by atoms with Crippen molar-refractivity contribution in [2.45, 2.75) is 39.3 Å². The van der Waals surface area contributed by atoms with Crippen LogP contribution in [0.4, 0.5) is 11.6 Å². The first kappa shape index (κ1) is 27.2. The fourth-order valence-corrected chi connectivity index (χ4v) is 5.85. The Hall–Kier alpha value is -3.96. The molecule has 2 atom stereocenters. The average Bonchev–Trinajstić information content (AvgIpc) is 3.49. The van der Waals surface area contributed by atoms with Crippen molar-refractivity contribution in [2.24, 2.45) is 13.0 Å². The van der Waals surface area contributed by atoms with E-state index >= 15 is 0 Å². The predicted octanol–water partition coefficient (Wildman–Crippen LogP) is 3.63. The van der Waals surface area contributed by atoms with Crippen LogP contribution in [0.15, 0.2) is 36.5 Å². The third-order valence-corrected chi connectivity index (χ3v) is 7.90. The number of fused-ring (bicyclic) bond motifs is 7. The van der Waals surface area contributed by atoms with Crippen molar-refractivity contribution in [3.05, 3.63) is 47.8 Å². The lowest BCUT2D eigenvalue weighted by Gasteiger charge is -2.35.